The average molecular weight is 228 g/mol. The van der Waals surface area contributed by atoms with Crippen LogP contribution in [0.1, 0.15) is 26.7 Å². The molecule has 0 bridgehead atoms. The molecule has 3 atom stereocenters. The smallest absolute Gasteiger partial charge is 0.0674 e. The van der Waals surface area contributed by atoms with Crippen LogP contribution in [0.15, 0.2) is 0 Å². The van der Waals surface area contributed by atoms with Gasteiger partial charge in [-0.15, -0.1) is 0 Å². The summed E-state index contributed by atoms with van der Waals surface area (Å²) in [7, 11) is 0. The van der Waals surface area contributed by atoms with E-state index in [9.17, 15) is 5.11 Å². The van der Waals surface area contributed by atoms with Crippen molar-refractivity contribution in [1.29, 1.82) is 0 Å². The van der Waals surface area contributed by atoms with E-state index >= 15 is 0 Å². The molecule has 0 spiro atoms. The molecule has 94 valence electrons. The lowest BCUT2D eigenvalue weighted by Gasteiger charge is -2.38. The number of morpholine rings is 1. The second kappa shape index (κ2) is 5.45. The summed E-state index contributed by atoms with van der Waals surface area (Å²) in [6.07, 6.45) is 2.85. The predicted molar refractivity (Wildman–Crippen MR) is 63.5 cm³/mol. The van der Waals surface area contributed by atoms with Crippen LogP contribution in [-0.4, -0.2) is 60.5 Å². The van der Waals surface area contributed by atoms with E-state index in [0.717, 1.165) is 19.7 Å². The van der Waals surface area contributed by atoms with Crippen LogP contribution in [-0.2, 0) is 4.74 Å². The monoisotopic (exact) mass is 228 g/mol. The molecule has 1 aliphatic heterocycles. The van der Waals surface area contributed by atoms with Gasteiger partial charge in [0, 0.05) is 31.2 Å². The van der Waals surface area contributed by atoms with E-state index < -0.39 is 0 Å². The molecule has 2 fully saturated rings. The fourth-order valence-corrected chi connectivity index (χ4v) is 2.26. The van der Waals surface area contributed by atoms with Gasteiger partial charge in [-0.2, -0.15) is 0 Å². The van der Waals surface area contributed by atoms with Crippen molar-refractivity contribution < 1.29 is 9.84 Å². The van der Waals surface area contributed by atoms with Gasteiger partial charge in [-0.3, -0.25) is 4.90 Å². The first-order valence-corrected chi connectivity index (χ1v) is 6.41. The van der Waals surface area contributed by atoms with E-state index in [1.807, 2.05) is 0 Å². The highest BCUT2D eigenvalue weighted by molar-refractivity contribution is 4.87. The van der Waals surface area contributed by atoms with Crippen LogP contribution in [0.25, 0.3) is 0 Å². The third-order valence-corrected chi connectivity index (χ3v) is 3.46. The molecule has 0 amide bonds. The summed E-state index contributed by atoms with van der Waals surface area (Å²) in [6, 6.07) is 1.34. The first-order valence-electron chi connectivity index (χ1n) is 6.41. The Balaban J connectivity index is 1.79. The summed E-state index contributed by atoms with van der Waals surface area (Å²) in [5.41, 5.74) is 0. The van der Waals surface area contributed by atoms with Crippen molar-refractivity contribution in [2.75, 3.05) is 26.3 Å². The van der Waals surface area contributed by atoms with Gasteiger partial charge in [-0.05, 0) is 26.7 Å². The van der Waals surface area contributed by atoms with E-state index in [2.05, 4.69) is 24.1 Å². The van der Waals surface area contributed by atoms with Crippen LogP contribution in [0.3, 0.4) is 0 Å². The van der Waals surface area contributed by atoms with E-state index in [4.69, 9.17) is 4.74 Å². The molecule has 0 radical (unpaired) electrons. The maximum absolute atomic E-state index is 9.37. The Morgan fingerprint density at radius 1 is 1.44 bits per heavy atom. The number of nitrogens with one attached hydrogen (secondary N) is 1. The molecule has 0 aromatic carbocycles. The molecule has 1 heterocycles. The summed E-state index contributed by atoms with van der Waals surface area (Å²) in [4.78, 5) is 2.42. The van der Waals surface area contributed by atoms with Gasteiger partial charge in [-0.1, -0.05) is 0 Å². The van der Waals surface area contributed by atoms with Crippen molar-refractivity contribution in [3.63, 3.8) is 0 Å². The fraction of sp³-hybridized carbons (Fsp3) is 1.00. The van der Waals surface area contributed by atoms with Gasteiger partial charge < -0.3 is 15.2 Å². The Hall–Kier alpha value is -0.160. The molecule has 2 rings (SSSR count). The van der Waals surface area contributed by atoms with Gasteiger partial charge >= 0.3 is 0 Å². The van der Waals surface area contributed by atoms with Gasteiger partial charge in [0.1, 0.15) is 0 Å². The van der Waals surface area contributed by atoms with Gasteiger partial charge in [0.05, 0.1) is 19.3 Å². The predicted octanol–water partition coefficient (Wildman–Crippen LogP) is 0.209. The summed E-state index contributed by atoms with van der Waals surface area (Å²) in [6.45, 7) is 7.25. The third kappa shape index (κ3) is 3.42. The van der Waals surface area contributed by atoms with Crippen LogP contribution in [0.4, 0.5) is 0 Å². The molecule has 4 heteroatoms. The fourth-order valence-electron chi connectivity index (χ4n) is 2.26. The second-order valence-electron chi connectivity index (χ2n) is 5.27. The number of hydrogen-bond acceptors (Lipinski definition) is 4. The summed E-state index contributed by atoms with van der Waals surface area (Å²) in [5.74, 6) is 0. The van der Waals surface area contributed by atoms with Gasteiger partial charge in [0.15, 0.2) is 0 Å². The van der Waals surface area contributed by atoms with Crippen LogP contribution < -0.4 is 5.32 Å². The highest BCUT2D eigenvalue weighted by Crippen LogP contribution is 2.20. The molecule has 0 aromatic heterocycles. The zero-order chi connectivity index (χ0) is 11.5. The Morgan fingerprint density at radius 2 is 2.19 bits per heavy atom. The van der Waals surface area contributed by atoms with Crippen LogP contribution in [0, 0.1) is 0 Å². The Kier molecular flexibility index (Phi) is 4.19. The molecule has 16 heavy (non-hydrogen) atoms. The molecule has 1 saturated heterocycles. The average Bonchev–Trinajstić information content (AvgIpc) is 3.06. The van der Waals surface area contributed by atoms with Crippen molar-refractivity contribution in [2.45, 2.75) is 50.9 Å². The van der Waals surface area contributed by atoms with Crippen molar-refractivity contribution in [3.8, 4) is 0 Å². The lowest BCUT2D eigenvalue weighted by Crippen LogP contribution is -2.53. The number of ether oxygens (including phenoxy) is 1. The van der Waals surface area contributed by atoms with E-state index in [1.165, 1.54) is 12.8 Å². The standard InChI is InChI=1S/C12H24N2O2/c1-9-8-16-10(2)5-14(9)6-12(7-15)13-11-3-4-11/h9-13,15H,3-8H2,1-2H3. The molecule has 0 aromatic rings. The van der Waals surface area contributed by atoms with Crippen molar-refractivity contribution in [1.82, 2.24) is 10.2 Å². The molecule has 2 N–H and O–H groups in total. The van der Waals surface area contributed by atoms with E-state index in [1.54, 1.807) is 0 Å². The highest BCUT2D eigenvalue weighted by atomic mass is 16.5. The Bertz CT molecular complexity index is 221. The van der Waals surface area contributed by atoms with Crippen molar-refractivity contribution in [2.24, 2.45) is 0 Å². The lowest BCUT2D eigenvalue weighted by molar-refractivity contribution is -0.0537. The molecule has 2 aliphatic rings. The molecule has 1 saturated carbocycles. The van der Waals surface area contributed by atoms with E-state index in [0.29, 0.717) is 18.2 Å². The number of rotatable bonds is 5. The molecular formula is C12H24N2O2. The SMILES string of the molecule is CC1CN(CC(CO)NC2CC2)C(C)CO1. The minimum Gasteiger partial charge on any atom is -0.395 e. The molecule has 1 aliphatic carbocycles. The van der Waals surface area contributed by atoms with Crippen molar-refractivity contribution in [3.05, 3.63) is 0 Å². The van der Waals surface area contributed by atoms with Gasteiger partial charge in [0.25, 0.3) is 0 Å². The minimum atomic E-state index is 0.222. The van der Waals surface area contributed by atoms with Crippen molar-refractivity contribution >= 4 is 0 Å². The zero-order valence-corrected chi connectivity index (χ0v) is 10.4. The second-order valence-corrected chi connectivity index (χ2v) is 5.27. The van der Waals surface area contributed by atoms with Gasteiger partial charge in [0.2, 0.25) is 0 Å². The maximum atomic E-state index is 9.37. The third-order valence-electron chi connectivity index (χ3n) is 3.46. The Labute approximate surface area is 98.0 Å². The summed E-state index contributed by atoms with van der Waals surface area (Å²) in [5, 5.41) is 12.9. The lowest BCUT2D eigenvalue weighted by atomic mass is 10.1. The first-order chi connectivity index (χ1) is 7.69. The van der Waals surface area contributed by atoms with E-state index in [-0.39, 0.29) is 12.6 Å². The summed E-state index contributed by atoms with van der Waals surface area (Å²) >= 11 is 0. The number of aliphatic hydroxyl groups excluding tert-OH is 1. The highest BCUT2D eigenvalue weighted by Gasteiger charge is 2.28. The quantitative estimate of drug-likeness (QED) is 0.706. The minimum absolute atomic E-state index is 0.222. The normalized spacial score (nSPS) is 33.9. The Morgan fingerprint density at radius 3 is 2.81 bits per heavy atom. The number of hydrogen-bond donors (Lipinski definition) is 2. The molecule has 4 nitrogen and oxygen atoms in total. The number of aliphatic hydroxyl groups is 1. The van der Waals surface area contributed by atoms with Crippen LogP contribution in [0.2, 0.25) is 0 Å². The van der Waals surface area contributed by atoms with Gasteiger partial charge in [-0.25, -0.2) is 0 Å². The largest absolute Gasteiger partial charge is 0.395 e. The first kappa shape index (κ1) is 12.3. The zero-order valence-electron chi connectivity index (χ0n) is 10.4. The summed E-state index contributed by atoms with van der Waals surface area (Å²) < 4.78 is 5.60. The van der Waals surface area contributed by atoms with Crippen LogP contribution >= 0.6 is 0 Å². The molecular weight excluding hydrogens is 204 g/mol. The van der Waals surface area contributed by atoms with Crippen LogP contribution in [0.5, 0.6) is 0 Å². The number of nitrogens with zero attached hydrogens (tertiary/aromatic N) is 1. The molecule has 3 unspecified atom stereocenters. The topological polar surface area (TPSA) is 44.7 Å². The maximum Gasteiger partial charge on any atom is 0.0674 e.